The number of likely N-dealkylation sites (tertiary alicyclic amines) is 1. The summed E-state index contributed by atoms with van der Waals surface area (Å²) in [4.78, 5) is 2.58. The zero-order chi connectivity index (χ0) is 13.7. The zero-order valence-corrected chi connectivity index (χ0v) is 12.6. The minimum Gasteiger partial charge on any atom is -0.313 e. The van der Waals surface area contributed by atoms with E-state index in [2.05, 4.69) is 61.3 Å². The Morgan fingerprint density at radius 2 is 1.74 bits per heavy atom. The Hall–Kier alpha value is -0.860. The summed E-state index contributed by atoms with van der Waals surface area (Å²) in [5.41, 5.74) is 1.44. The molecule has 106 valence electrons. The van der Waals surface area contributed by atoms with Gasteiger partial charge in [0.1, 0.15) is 0 Å². The van der Waals surface area contributed by atoms with Gasteiger partial charge in [0.15, 0.2) is 0 Å². The Balaban J connectivity index is 1.72. The summed E-state index contributed by atoms with van der Waals surface area (Å²) < 4.78 is 0. The molecule has 0 amide bonds. The molecule has 2 rings (SSSR count). The van der Waals surface area contributed by atoms with Crippen LogP contribution in [-0.4, -0.2) is 36.6 Å². The molecule has 0 bridgehead atoms. The van der Waals surface area contributed by atoms with Crippen LogP contribution in [0.15, 0.2) is 30.3 Å². The summed E-state index contributed by atoms with van der Waals surface area (Å²) in [6, 6.07) is 12.2. The van der Waals surface area contributed by atoms with Crippen molar-refractivity contribution >= 4 is 0 Å². The lowest BCUT2D eigenvalue weighted by Gasteiger charge is -2.35. The smallest absolute Gasteiger partial charge is 0.00916 e. The molecule has 0 radical (unpaired) electrons. The summed E-state index contributed by atoms with van der Waals surface area (Å²) in [6.07, 6.45) is 2.58. The van der Waals surface area contributed by atoms with E-state index in [0.717, 1.165) is 6.54 Å². The highest BCUT2D eigenvalue weighted by atomic mass is 15.2. The fourth-order valence-corrected chi connectivity index (χ4v) is 2.86. The predicted octanol–water partition coefficient (Wildman–Crippen LogP) is 3.25. The lowest BCUT2D eigenvalue weighted by atomic mass is 9.99. The maximum atomic E-state index is 3.75. The first-order valence-corrected chi connectivity index (χ1v) is 7.69. The van der Waals surface area contributed by atoms with E-state index in [9.17, 15) is 0 Å². The molecule has 0 spiro atoms. The number of nitrogens with one attached hydrogen (secondary N) is 1. The van der Waals surface area contributed by atoms with Crippen molar-refractivity contribution in [1.29, 1.82) is 0 Å². The minimum atomic E-state index is 0.601. The first-order valence-electron chi connectivity index (χ1n) is 7.69. The van der Waals surface area contributed by atoms with Crippen LogP contribution in [0.2, 0.25) is 0 Å². The highest BCUT2D eigenvalue weighted by molar-refractivity contribution is 5.19. The summed E-state index contributed by atoms with van der Waals surface area (Å²) in [5.74, 6) is 0.601. The zero-order valence-electron chi connectivity index (χ0n) is 12.6. The van der Waals surface area contributed by atoms with Gasteiger partial charge < -0.3 is 10.2 Å². The van der Waals surface area contributed by atoms with Gasteiger partial charge in [-0.1, -0.05) is 37.3 Å². The van der Waals surface area contributed by atoms with Crippen molar-refractivity contribution in [2.75, 3.05) is 19.6 Å². The van der Waals surface area contributed by atoms with Crippen LogP contribution in [0.3, 0.4) is 0 Å². The van der Waals surface area contributed by atoms with Crippen LogP contribution in [0.25, 0.3) is 0 Å². The molecule has 1 unspecified atom stereocenters. The average molecular weight is 260 g/mol. The molecule has 2 heteroatoms. The van der Waals surface area contributed by atoms with Crippen LogP contribution in [0.5, 0.6) is 0 Å². The third-order valence-corrected chi connectivity index (χ3v) is 4.34. The lowest BCUT2D eigenvalue weighted by molar-refractivity contribution is 0.161. The van der Waals surface area contributed by atoms with Gasteiger partial charge in [0, 0.05) is 18.6 Å². The third-order valence-electron chi connectivity index (χ3n) is 4.34. The molecule has 2 nitrogen and oxygen atoms in total. The van der Waals surface area contributed by atoms with E-state index in [1.54, 1.807) is 0 Å². The number of rotatable bonds is 5. The Bertz CT molecular complexity index is 353. The summed E-state index contributed by atoms with van der Waals surface area (Å²) in [5, 5.41) is 3.75. The van der Waals surface area contributed by atoms with Crippen LogP contribution in [0.4, 0.5) is 0 Å². The summed E-state index contributed by atoms with van der Waals surface area (Å²) >= 11 is 0. The first kappa shape index (κ1) is 14.5. The topological polar surface area (TPSA) is 15.3 Å². The molecule has 1 aromatic carbocycles. The van der Waals surface area contributed by atoms with E-state index in [0.29, 0.717) is 18.0 Å². The lowest BCUT2D eigenvalue weighted by Crippen LogP contribution is -2.45. The second-order valence-electron chi connectivity index (χ2n) is 6.12. The number of nitrogens with zero attached hydrogens (tertiary/aromatic N) is 1. The molecule has 0 aromatic heterocycles. The Morgan fingerprint density at radius 1 is 1.11 bits per heavy atom. The first-order chi connectivity index (χ1) is 9.16. The standard InChI is InChI=1S/C17H28N2/c1-14(2)19-11-9-17(10-12-19)18-13-15(3)16-7-5-4-6-8-16/h4-8,14-15,17-18H,9-13H2,1-3H3. The molecular weight excluding hydrogens is 232 g/mol. The van der Waals surface area contributed by atoms with Gasteiger partial charge in [-0.05, 0) is 51.3 Å². The van der Waals surface area contributed by atoms with Crippen molar-refractivity contribution in [3.63, 3.8) is 0 Å². The largest absolute Gasteiger partial charge is 0.313 e. The molecule has 1 aliphatic rings. The number of hydrogen-bond donors (Lipinski definition) is 1. The van der Waals surface area contributed by atoms with Gasteiger partial charge in [-0.3, -0.25) is 0 Å². The Kier molecular flexibility index (Phi) is 5.41. The second-order valence-corrected chi connectivity index (χ2v) is 6.12. The van der Waals surface area contributed by atoms with Crippen molar-refractivity contribution in [2.24, 2.45) is 0 Å². The quantitative estimate of drug-likeness (QED) is 0.874. The van der Waals surface area contributed by atoms with E-state index in [-0.39, 0.29) is 0 Å². The molecular formula is C17H28N2. The fraction of sp³-hybridized carbons (Fsp3) is 0.647. The third kappa shape index (κ3) is 4.32. The van der Waals surface area contributed by atoms with E-state index in [4.69, 9.17) is 0 Å². The molecule has 19 heavy (non-hydrogen) atoms. The molecule has 1 saturated heterocycles. The van der Waals surface area contributed by atoms with E-state index in [1.165, 1.54) is 31.5 Å². The highest BCUT2D eigenvalue weighted by Gasteiger charge is 2.20. The van der Waals surface area contributed by atoms with Gasteiger partial charge in [-0.2, -0.15) is 0 Å². The van der Waals surface area contributed by atoms with Crippen molar-refractivity contribution in [1.82, 2.24) is 10.2 Å². The number of benzene rings is 1. The van der Waals surface area contributed by atoms with Crippen LogP contribution in [-0.2, 0) is 0 Å². The monoisotopic (exact) mass is 260 g/mol. The Labute approximate surface area is 118 Å². The SMILES string of the molecule is CC(CNC1CCN(C(C)C)CC1)c1ccccc1. The number of hydrogen-bond acceptors (Lipinski definition) is 2. The molecule has 1 fully saturated rings. The molecule has 1 N–H and O–H groups in total. The normalized spacial score (nSPS) is 19.8. The molecule has 1 aliphatic heterocycles. The van der Waals surface area contributed by atoms with Crippen molar-refractivity contribution in [2.45, 2.75) is 51.6 Å². The Morgan fingerprint density at radius 3 is 2.32 bits per heavy atom. The summed E-state index contributed by atoms with van der Waals surface area (Å²) in [6.45, 7) is 10.5. The summed E-state index contributed by atoms with van der Waals surface area (Å²) in [7, 11) is 0. The maximum absolute atomic E-state index is 3.75. The van der Waals surface area contributed by atoms with Gasteiger partial charge in [-0.25, -0.2) is 0 Å². The van der Waals surface area contributed by atoms with Crippen LogP contribution in [0.1, 0.15) is 45.1 Å². The van der Waals surface area contributed by atoms with Gasteiger partial charge >= 0.3 is 0 Å². The highest BCUT2D eigenvalue weighted by Crippen LogP contribution is 2.16. The van der Waals surface area contributed by atoms with Crippen molar-refractivity contribution in [3.8, 4) is 0 Å². The second kappa shape index (κ2) is 7.06. The molecule has 1 atom stereocenters. The van der Waals surface area contributed by atoms with Crippen molar-refractivity contribution < 1.29 is 0 Å². The van der Waals surface area contributed by atoms with E-state index in [1.807, 2.05) is 0 Å². The van der Waals surface area contributed by atoms with Crippen molar-refractivity contribution in [3.05, 3.63) is 35.9 Å². The maximum Gasteiger partial charge on any atom is 0.00916 e. The molecule has 1 heterocycles. The van der Waals surface area contributed by atoms with Crippen LogP contribution >= 0.6 is 0 Å². The minimum absolute atomic E-state index is 0.601. The predicted molar refractivity (Wildman–Crippen MR) is 82.6 cm³/mol. The molecule has 1 aromatic rings. The van der Waals surface area contributed by atoms with Gasteiger partial charge in [0.2, 0.25) is 0 Å². The van der Waals surface area contributed by atoms with Gasteiger partial charge in [0.25, 0.3) is 0 Å². The van der Waals surface area contributed by atoms with Gasteiger partial charge in [-0.15, -0.1) is 0 Å². The van der Waals surface area contributed by atoms with Crippen LogP contribution < -0.4 is 5.32 Å². The fourth-order valence-electron chi connectivity index (χ4n) is 2.86. The van der Waals surface area contributed by atoms with E-state index >= 15 is 0 Å². The van der Waals surface area contributed by atoms with Gasteiger partial charge in [0.05, 0.1) is 0 Å². The van der Waals surface area contributed by atoms with E-state index < -0.39 is 0 Å². The number of piperidine rings is 1. The molecule has 0 saturated carbocycles. The molecule has 0 aliphatic carbocycles. The van der Waals surface area contributed by atoms with Crippen LogP contribution in [0, 0.1) is 0 Å². The average Bonchev–Trinajstić information content (AvgIpc) is 2.46.